The minimum atomic E-state index is -1.36. The van der Waals surface area contributed by atoms with Crippen molar-refractivity contribution < 1.29 is 43.1 Å². The largest absolute Gasteiger partial charge is 0.504 e. The third-order valence-corrected chi connectivity index (χ3v) is 14.9. The lowest BCUT2D eigenvalue weighted by Crippen LogP contribution is -2.69. The summed E-state index contributed by atoms with van der Waals surface area (Å²) in [6.45, 7) is 9.62. The Labute approximate surface area is 352 Å². The number of benzene rings is 3. The fourth-order valence-corrected chi connectivity index (χ4v) is 12.9. The molecule has 4 bridgehead atoms. The number of phenolic OH excluding ortho intramolecular Hbond substituents is 1. The van der Waals surface area contributed by atoms with Crippen LogP contribution in [-0.2, 0) is 37.4 Å². The number of phenols is 1. The number of thioether (sulfide) groups is 1. The van der Waals surface area contributed by atoms with Gasteiger partial charge in [0.05, 0.1) is 48.9 Å². The van der Waals surface area contributed by atoms with Crippen LogP contribution in [0.3, 0.4) is 0 Å². The number of para-hydroxylation sites is 1. The number of aromatic nitrogens is 1. The molecule has 314 valence electrons. The molecular formula is C45H49N5O9S. The van der Waals surface area contributed by atoms with Gasteiger partial charge in [0, 0.05) is 70.9 Å². The zero-order valence-electron chi connectivity index (χ0n) is 34.8. The highest BCUT2D eigenvalue weighted by molar-refractivity contribution is 7.99. The number of methoxy groups -OCH3 is 1. The summed E-state index contributed by atoms with van der Waals surface area (Å²) >= 11 is 1.54. The highest BCUT2D eigenvalue weighted by Crippen LogP contribution is 2.65. The minimum Gasteiger partial charge on any atom is -0.504 e. The Balaban J connectivity index is 1.25. The van der Waals surface area contributed by atoms with Crippen LogP contribution in [0.15, 0.2) is 30.3 Å². The van der Waals surface area contributed by atoms with E-state index < -0.39 is 46.4 Å². The molecule has 9 heterocycles. The van der Waals surface area contributed by atoms with Crippen LogP contribution in [0.2, 0.25) is 0 Å². The number of nitrogens with one attached hydrogen (secondary N) is 2. The van der Waals surface area contributed by atoms with Crippen molar-refractivity contribution in [3.05, 3.63) is 75.0 Å². The summed E-state index contributed by atoms with van der Waals surface area (Å²) in [5.41, 5.74) is 4.45. The molecule has 12 rings (SSSR count). The summed E-state index contributed by atoms with van der Waals surface area (Å²) in [7, 11) is 3.54. The van der Waals surface area contributed by atoms with Gasteiger partial charge in [0.15, 0.2) is 28.5 Å². The Hall–Kier alpha value is -4.98. The maximum Gasteiger partial charge on any atom is 0.333 e. The number of fused-ring (bicyclic) bond motifs is 8. The molecule has 3 aromatic carbocycles. The zero-order valence-corrected chi connectivity index (χ0v) is 35.6. The first-order valence-corrected chi connectivity index (χ1v) is 21.6. The SMILES string of the molecule is COc1c(C)cc2c(c1O)[C@H]1[C@@H]3[C@@H]4SC[C@]5(NC(COC(C)C)Cc6c5[nH]c5ccccc65)C(=O)OC[C@@H](c5c6c(c(C)c(OC(C)=O)c54)OCO6)N3C(C#N)(C2)CN1C. The second-order valence-corrected chi connectivity index (χ2v) is 18.5. The number of rotatable bonds is 5. The van der Waals surface area contributed by atoms with Crippen LogP contribution in [-0.4, -0.2) is 102 Å². The van der Waals surface area contributed by atoms with Crippen molar-refractivity contribution >= 4 is 34.6 Å². The highest BCUT2D eigenvalue weighted by atomic mass is 32.2. The van der Waals surface area contributed by atoms with E-state index in [-0.39, 0.29) is 43.5 Å². The molecule has 8 aliphatic heterocycles. The molecule has 15 heteroatoms. The van der Waals surface area contributed by atoms with E-state index in [4.69, 9.17) is 28.4 Å². The summed E-state index contributed by atoms with van der Waals surface area (Å²) in [4.78, 5) is 36.5. The van der Waals surface area contributed by atoms with Crippen LogP contribution in [0.25, 0.3) is 10.9 Å². The number of piperazine rings is 1. The maximum absolute atomic E-state index is 15.3. The van der Waals surface area contributed by atoms with E-state index in [9.17, 15) is 15.2 Å². The van der Waals surface area contributed by atoms with Crippen LogP contribution < -0.4 is 24.3 Å². The number of aromatic hydroxyl groups is 1. The number of nitrogens with zero attached hydrogens (tertiary/aromatic N) is 3. The number of aromatic amines is 1. The van der Waals surface area contributed by atoms with Gasteiger partial charge in [0.25, 0.3) is 0 Å². The van der Waals surface area contributed by atoms with Crippen molar-refractivity contribution in [2.45, 2.75) is 94.1 Å². The van der Waals surface area contributed by atoms with Crippen molar-refractivity contribution in [3.63, 3.8) is 0 Å². The quantitative estimate of drug-likeness (QED) is 0.169. The van der Waals surface area contributed by atoms with Crippen molar-refractivity contribution in [1.29, 1.82) is 5.26 Å². The van der Waals surface area contributed by atoms with Crippen molar-refractivity contribution in [2.75, 3.05) is 46.5 Å². The van der Waals surface area contributed by atoms with E-state index in [0.717, 1.165) is 38.9 Å². The lowest BCUT2D eigenvalue weighted by molar-refractivity contribution is -0.159. The van der Waals surface area contributed by atoms with Crippen molar-refractivity contribution in [1.82, 2.24) is 20.1 Å². The first-order valence-electron chi connectivity index (χ1n) is 20.5. The Kier molecular flexibility index (Phi) is 9.16. The third kappa shape index (κ3) is 5.47. The Morgan fingerprint density at radius 1 is 1.13 bits per heavy atom. The molecule has 0 radical (unpaired) electrons. The van der Waals surface area contributed by atoms with Gasteiger partial charge in [-0.05, 0) is 63.9 Å². The van der Waals surface area contributed by atoms with Gasteiger partial charge in [-0.15, -0.1) is 11.8 Å². The van der Waals surface area contributed by atoms with Crippen molar-refractivity contribution in [2.24, 2.45) is 0 Å². The van der Waals surface area contributed by atoms with Gasteiger partial charge >= 0.3 is 11.9 Å². The minimum absolute atomic E-state index is 0.0246. The van der Waals surface area contributed by atoms with Crippen LogP contribution in [0, 0.1) is 25.2 Å². The average Bonchev–Trinajstić information content (AvgIpc) is 3.80. The van der Waals surface area contributed by atoms with E-state index in [0.29, 0.717) is 59.3 Å². The molecule has 1 aromatic heterocycles. The number of carbonyl (C=O) groups excluding carboxylic acids is 2. The number of carbonyl (C=O) groups is 2. The molecule has 1 spiro atoms. The van der Waals surface area contributed by atoms with E-state index in [1.54, 1.807) is 18.9 Å². The zero-order chi connectivity index (χ0) is 42.0. The number of hydrogen-bond donors (Lipinski definition) is 3. The van der Waals surface area contributed by atoms with Crippen molar-refractivity contribution in [3.8, 4) is 34.8 Å². The number of nitriles is 1. The Morgan fingerprint density at radius 2 is 1.92 bits per heavy atom. The standard InChI is InChI=1S/C45H49N5O9S/c1-21(2)55-15-26-13-28-27-10-8-9-11-29(27)47-42(28)45(48-26)19-60-41-33-32(40-39(57-20-58-40)23(4)38(33)59-24(5)51)30(16-56-43(45)53)50-35(41)34-31-25(12-22(3)37(54-7)36(31)52)14-44(50,17-46)18-49(34)6/h8-12,21,26,30,34-35,41,47-48,52H,13-16,18-20H2,1-7H3/t26?,30-,34-,35+,41+,44?,45+/m0/s1. The highest BCUT2D eigenvalue weighted by Gasteiger charge is 2.64. The molecule has 3 N–H and O–H groups in total. The van der Waals surface area contributed by atoms with E-state index in [2.05, 4.69) is 32.2 Å². The lowest BCUT2D eigenvalue weighted by Gasteiger charge is -2.60. The summed E-state index contributed by atoms with van der Waals surface area (Å²) < 4.78 is 37.3. The number of esters is 2. The molecule has 3 unspecified atom stereocenters. The summed E-state index contributed by atoms with van der Waals surface area (Å²) in [5, 5.41) is 28.0. The number of ether oxygens (including phenoxy) is 6. The fraction of sp³-hybridized carbons (Fsp3) is 0.489. The van der Waals surface area contributed by atoms with E-state index >= 15 is 4.79 Å². The average molecular weight is 836 g/mol. The summed E-state index contributed by atoms with van der Waals surface area (Å²) in [6.07, 6.45) is 0.893. The third-order valence-electron chi connectivity index (χ3n) is 13.4. The molecule has 8 atom stereocenters. The van der Waals surface area contributed by atoms with Gasteiger partial charge in [-0.2, -0.15) is 5.26 Å². The molecule has 0 saturated carbocycles. The smallest absolute Gasteiger partial charge is 0.333 e. The predicted octanol–water partition coefficient (Wildman–Crippen LogP) is 5.55. The van der Waals surface area contributed by atoms with Crippen LogP contribution in [0.1, 0.15) is 82.7 Å². The molecule has 0 amide bonds. The van der Waals surface area contributed by atoms with Crippen LogP contribution in [0.5, 0.6) is 28.7 Å². The van der Waals surface area contributed by atoms with Gasteiger partial charge < -0.3 is 38.5 Å². The molecule has 2 fully saturated rings. The van der Waals surface area contributed by atoms with E-state index in [1.165, 1.54) is 6.92 Å². The molecule has 8 aliphatic rings. The predicted molar refractivity (Wildman–Crippen MR) is 222 cm³/mol. The summed E-state index contributed by atoms with van der Waals surface area (Å²) in [5.74, 6) is 0.934. The maximum atomic E-state index is 15.3. The van der Waals surface area contributed by atoms with Gasteiger partial charge in [0.2, 0.25) is 6.79 Å². The van der Waals surface area contributed by atoms with Crippen LogP contribution >= 0.6 is 11.8 Å². The molecule has 0 aliphatic carbocycles. The second kappa shape index (κ2) is 14.0. The first kappa shape index (κ1) is 39.2. The first-order chi connectivity index (χ1) is 28.8. The fourth-order valence-electron chi connectivity index (χ4n) is 11.3. The monoisotopic (exact) mass is 835 g/mol. The molecule has 4 aromatic rings. The van der Waals surface area contributed by atoms with Gasteiger partial charge in [0.1, 0.15) is 17.9 Å². The Morgan fingerprint density at radius 3 is 2.67 bits per heavy atom. The van der Waals surface area contributed by atoms with Gasteiger partial charge in [-0.1, -0.05) is 24.3 Å². The summed E-state index contributed by atoms with van der Waals surface area (Å²) in [6, 6.07) is 10.9. The molecular weight excluding hydrogens is 787 g/mol. The van der Waals surface area contributed by atoms with Crippen LogP contribution in [0.4, 0.5) is 0 Å². The Bertz CT molecular complexity index is 2530. The number of H-pyrrole nitrogens is 1. The number of hydrogen-bond acceptors (Lipinski definition) is 14. The normalized spacial score (nSPS) is 29.9. The number of likely N-dealkylation sites (N-methyl/N-ethyl adjacent to an activating group) is 1. The van der Waals surface area contributed by atoms with Gasteiger partial charge in [-0.25, -0.2) is 4.79 Å². The lowest BCUT2D eigenvalue weighted by atomic mass is 9.76. The molecule has 2 saturated heterocycles. The van der Waals surface area contributed by atoms with E-state index in [1.807, 2.05) is 59.0 Å². The molecule has 14 nitrogen and oxygen atoms in total. The van der Waals surface area contributed by atoms with Gasteiger partial charge in [-0.3, -0.25) is 19.9 Å². The second-order valence-electron chi connectivity index (χ2n) is 17.4. The molecule has 60 heavy (non-hydrogen) atoms. The topological polar surface area (TPSA) is 168 Å². The number of aryl methyl sites for hydroxylation is 1.